The highest BCUT2D eigenvalue weighted by atomic mass is 19.1. The minimum atomic E-state index is -0.350. The number of halogens is 1. The Bertz CT molecular complexity index is 1020. The van der Waals surface area contributed by atoms with Gasteiger partial charge in [-0.05, 0) is 37.5 Å². The lowest BCUT2D eigenvalue weighted by molar-refractivity contribution is -0.122. The normalized spacial score (nSPS) is 15.2. The van der Waals surface area contributed by atoms with E-state index in [1.54, 1.807) is 18.2 Å². The third-order valence-corrected chi connectivity index (χ3v) is 5.70. The third kappa shape index (κ3) is 5.79. The van der Waals surface area contributed by atoms with Gasteiger partial charge in [0, 0.05) is 38.5 Å². The number of carbonyl (C=O) groups excluding carboxylic acids is 1. The van der Waals surface area contributed by atoms with E-state index < -0.39 is 0 Å². The Morgan fingerprint density at radius 2 is 2.00 bits per heavy atom. The first-order valence-electron chi connectivity index (χ1n) is 10.8. The molecule has 0 radical (unpaired) electrons. The third-order valence-electron chi connectivity index (χ3n) is 5.70. The van der Waals surface area contributed by atoms with Crippen LogP contribution >= 0.6 is 0 Å². The van der Waals surface area contributed by atoms with Crippen molar-refractivity contribution in [1.29, 1.82) is 0 Å². The van der Waals surface area contributed by atoms with Crippen molar-refractivity contribution in [3.63, 3.8) is 0 Å². The zero-order valence-corrected chi connectivity index (χ0v) is 17.8. The Morgan fingerprint density at radius 3 is 2.77 bits per heavy atom. The second-order valence-electron chi connectivity index (χ2n) is 8.21. The number of rotatable bonds is 7. The van der Waals surface area contributed by atoms with E-state index in [2.05, 4.69) is 46.4 Å². The van der Waals surface area contributed by atoms with Gasteiger partial charge in [0.25, 0.3) is 0 Å². The number of aryl methyl sites for hydroxylation is 2. The maximum atomic E-state index is 13.9. The number of hydrogen-bond acceptors (Lipinski definition) is 4. The lowest BCUT2D eigenvalue weighted by atomic mass is 10.0. The summed E-state index contributed by atoms with van der Waals surface area (Å²) in [6, 6.07) is 15.2. The zero-order valence-electron chi connectivity index (χ0n) is 17.8. The molecule has 4 rings (SSSR count). The number of nitrogens with one attached hydrogen (secondary N) is 1. The van der Waals surface area contributed by atoms with Crippen LogP contribution in [0.2, 0.25) is 0 Å². The predicted octanol–water partition coefficient (Wildman–Crippen LogP) is 4.50. The smallest absolute Gasteiger partial charge is 0.220 e. The molecule has 0 spiro atoms. The van der Waals surface area contributed by atoms with Gasteiger partial charge in [0.1, 0.15) is 5.82 Å². The molecule has 1 saturated heterocycles. The number of nitrogens with zero attached hydrogens (tertiary/aromatic N) is 2. The maximum Gasteiger partial charge on any atom is 0.220 e. The minimum absolute atomic E-state index is 0.00257. The first kappa shape index (κ1) is 21.2. The molecule has 2 heterocycles. The number of benzene rings is 2. The highest BCUT2D eigenvalue weighted by Crippen LogP contribution is 2.23. The summed E-state index contributed by atoms with van der Waals surface area (Å²) in [4.78, 5) is 19.0. The topological polar surface area (TPSA) is 58.4 Å². The number of amides is 1. The fourth-order valence-corrected chi connectivity index (χ4v) is 4.04. The van der Waals surface area contributed by atoms with Gasteiger partial charge in [-0.1, -0.05) is 42.0 Å². The Balaban J connectivity index is 1.20. The van der Waals surface area contributed by atoms with Crippen molar-refractivity contribution in [2.24, 2.45) is 0 Å². The Kier molecular flexibility index (Phi) is 6.77. The fourth-order valence-electron chi connectivity index (χ4n) is 4.04. The van der Waals surface area contributed by atoms with Gasteiger partial charge in [0.05, 0.1) is 11.8 Å². The summed E-state index contributed by atoms with van der Waals surface area (Å²) in [5, 5.41) is 3.14. The molecule has 1 N–H and O–H groups in total. The molecule has 0 aliphatic carbocycles. The molecule has 0 bridgehead atoms. The zero-order chi connectivity index (χ0) is 21.6. The van der Waals surface area contributed by atoms with Crippen molar-refractivity contribution >= 4 is 5.91 Å². The second-order valence-corrected chi connectivity index (χ2v) is 8.21. The Morgan fingerprint density at radius 1 is 1.19 bits per heavy atom. The van der Waals surface area contributed by atoms with Gasteiger partial charge < -0.3 is 9.73 Å². The number of oxazole rings is 1. The largest absolute Gasteiger partial charge is 0.441 e. The number of aromatic nitrogens is 1. The molecule has 0 atom stereocenters. The Labute approximate surface area is 182 Å². The van der Waals surface area contributed by atoms with Crippen LogP contribution in [0.15, 0.2) is 59.1 Å². The van der Waals surface area contributed by atoms with E-state index in [-0.39, 0.29) is 17.8 Å². The van der Waals surface area contributed by atoms with Crippen LogP contribution in [-0.4, -0.2) is 34.9 Å². The molecule has 0 saturated carbocycles. The van der Waals surface area contributed by atoms with Crippen LogP contribution in [0, 0.1) is 12.7 Å². The quantitative estimate of drug-likeness (QED) is 0.610. The monoisotopic (exact) mass is 421 g/mol. The van der Waals surface area contributed by atoms with E-state index in [0.717, 1.165) is 32.5 Å². The molecule has 1 fully saturated rings. The maximum absolute atomic E-state index is 13.9. The van der Waals surface area contributed by atoms with E-state index in [4.69, 9.17) is 4.42 Å². The van der Waals surface area contributed by atoms with Crippen molar-refractivity contribution in [2.75, 3.05) is 13.1 Å². The number of hydrogen-bond donors (Lipinski definition) is 1. The number of carbonyl (C=O) groups is 1. The molecule has 2 aromatic carbocycles. The van der Waals surface area contributed by atoms with Crippen molar-refractivity contribution in [1.82, 2.24) is 15.2 Å². The number of piperidine rings is 1. The van der Waals surface area contributed by atoms with E-state index in [9.17, 15) is 9.18 Å². The van der Waals surface area contributed by atoms with Crippen LogP contribution in [0.4, 0.5) is 4.39 Å². The molecule has 162 valence electrons. The molecule has 6 heteroatoms. The van der Waals surface area contributed by atoms with Crippen molar-refractivity contribution in [3.05, 3.63) is 77.6 Å². The van der Waals surface area contributed by atoms with Crippen molar-refractivity contribution in [2.45, 2.75) is 45.2 Å². The molecule has 1 amide bonds. The van der Waals surface area contributed by atoms with Gasteiger partial charge in [-0.25, -0.2) is 9.37 Å². The highest BCUT2D eigenvalue weighted by molar-refractivity contribution is 5.76. The molecule has 1 aromatic heterocycles. The summed E-state index contributed by atoms with van der Waals surface area (Å²) in [5.74, 6) is 0.482. The summed E-state index contributed by atoms with van der Waals surface area (Å²) in [6.07, 6.45) is 4.12. The van der Waals surface area contributed by atoms with Crippen molar-refractivity contribution in [3.8, 4) is 11.3 Å². The highest BCUT2D eigenvalue weighted by Gasteiger charge is 2.21. The summed E-state index contributed by atoms with van der Waals surface area (Å²) < 4.78 is 19.5. The standard InChI is InChI=1S/C25H28FN3O2/c1-18-5-4-6-19(15-18)17-29-13-11-20(12-14-29)28-24(30)9-10-25-27-16-23(31-25)21-7-2-3-8-22(21)26/h2-8,15-16,20H,9-14,17H2,1H3,(H,28,30). The SMILES string of the molecule is Cc1cccc(CN2CCC(NC(=O)CCc3ncc(-c4ccccc4F)o3)CC2)c1. The summed E-state index contributed by atoms with van der Waals surface area (Å²) >= 11 is 0. The van der Waals surface area contributed by atoms with Gasteiger partial charge in [-0.2, -0.15) is 0 Å². The summed E-state index contributed by atoms with van der Waals surface area (Å²) in [5.41, 5.74) is 3.00. The predicted molar refractivity (Wildman–Crippen MR) is 118 cm³/mol. The minimum Gasteiger partial charge on any atom is -0.441 e. The lowest BCUT2D eigenvalue weighted by Gasteiger charge is -2.32. The second kappa shape index (κ2) is 9.88. The molecule has 0 unspecified atom stereocenters. The average Bonchev–Trinajstić information content (AvgIpc) is 3.23. The van der Waals surface area contributed by atoms with Crippen LogP contribution in [0.3, 0.4) is 0 Å². The van der Waals surface area contributed by atoms with E-state index in [1.165, 1.54) is 23.4 Å². The van der Waals surface area contributed by atoms with Crippen molar-refractivity contribution < 1.29 is 13.6 Å². The summed E-state index contributed by atoms with van der Waals surface area (Å²) in [6.45, 7) is 5.02. The molecule has 1 aliphatic heterocycles. The van der Waals surface area contributed by atoms with Crippen LogP contribution in [0.5, 0.6) is 0 Å². The van der Waals surface area contributed by atoms with Gasteiger partial charge in [0.15, 0.2) is 11.7 Å². The van der Waals surface area contributed by atoms with Crippen LogP contribution < -0.4 is 5.32 Å². The van der Waals surface area contributed by atoms with Crippen LogP contribution in [0.25, 0.3) is 11.3 Å². The van der Waals surface area contributed by atoms with Crippen LogP contribution in [0.1, 0.15) is 36.3 Å². The molecule has 1 aliphatic rings. The van der Waals surface area contributed by atoms with Gasteiger partial charge in [0.2, 0.25) is 5.91 Å². The first-order valence-corrected chi connectivity index (χ1v) is 10.8. The fraction of sp³-hybridized carbons (Fsp3) is 0.360. The van der Waals surface area contributed by atoms with Gasteiger partial charge in [-0.15, -0.1) is 0 Å². The van der Waals surface area contributed by atoms with Gasteiger partial charge >= 0.3 is 0 Å². The number of likely N-dealkylation sites (tertiary alicyclic amines) is 1. The molecule has 5 nitrogen and oxygen atoms in total. The molecule has 3 aromatic rings. The summed E-state index contributed by atoms with van der Waals surface area (Å²) in [7, 11) is 0. The van der Waals surface area contributed by atoms with E-state index in [1.807, 2.05) is 0 Å². The van der Waals surface area contributed by atoms with E-state index >= 15 is 0 Å². The Hall–Kier alpha value is -2.99. The van der Waals surface area contributed by atoms with Gasteiger partial charge in [-0.3, -0.25) is 9.69 Å². The lowest BCUT2D eigenvalue weighted by Crippen LogP contribution is -2.44. The molecule has 31 heavy (non-hydrogen) atoms. The van der Waals surface area contributed by atoms with E-state index in [0.29, 0.717) is 30.1 Å². The van der Waals surface area contributed by atoms with Crippen LogP contribution in [-0.2, 0) is 17.8 Å². The molecular formula is C25H28FN3O2. The first-order chi connectivity index (χ1) is 15.1. The molecular weight excluding hydrogens is 393 g/mol. The average molecular weight is 422 g/mol.